The summed E-state index contributed by atoms with van der Waals surface area (Å²) >= 11 is 17.8. The van der Waals surface area contributed by atoms with Crippen molar-refractivity contribution < 1.29 is 9.84 Å². The van der Waals surface area contributed by atoms with Gasteiger partial charge in [-0.25, -0.2) is 4.98 Å². The van der Waals surface area contributed by atoms with Gasteiger partial charge in [0.25, 0.3) is 0 Å². The first-order valence-corrected chi connectivity index (χ1v) is 7.22. The Kier molecular flexibility index (Phi) is 5.50. The molecular formula is C14H9Cl3N4O2. The van der Waals surface area contributed by atoms with Crippen molar-refractivity contribution in [2.45, 2.75) is 0 Å². The topological polar surface area (TPSA) is 90.5 Å². The van der Waals surface area contributed by atoms with Gasteiger partial charge in [0.15, 0.2) is 11.0 Å². The third-order valence-corrected chi connectivity index (χ3v) is 3.87. The summed E-state index contributed by atoms with van der Waals surface area (Å²) in [5.74, 6) is 0.662. The first kappa shape index (κ1) is 17.2. The normalized spacial score (nSPS) is 10.6. The molecule has 0 aliphatic heterocycles. The van der Waals surface area contributed by atoms with Crippen LogP contribution in [0.3, 0.4) is 0 Å². The molecule has 0 saturated heterocycles. The molecule has 1 heterocycles. The predicted octanol–water partition coefficient (Wildman–Crippen LogP) is 4.07. The molecule has 2 N–H and O–H groups in total. The summed E-state index contributed by atoms with van der Waals surface area (Å²) in [6.45, 7) is 0. The summed E-state index contributed by atoms with van der Waals surface area (Å²) in [5, 5.41) is 22.5. The Morgan fingerprint density at radius 2 is 2.09 bits per heavy atom. The number of aromatic hydroxyl groups is 1. The molecule has 0 unspecified atom stereocenters. The fraction of sp³-hybridized carbons (Fsp3) is 0.0714. The number of rotatable bonds is 4. The number of nitrogens with zero attached hydrogens (tertiary/aromatic N) is 3. The minimum atomic E-state index is -0.0937. The fourth-order valence-electron chi connectivity index (χ4n) is 1.60. The van der Waals surface area contributed by atoms with E-state index < -0.39 is 0 Å². The average Bonchev–Trinajstić information content (AvgIpc) is 2.54. The maximum atomic E-state index is 9.74. The SMILES string of the molecule is COc1ccc(O)c(/C=N\Nc2nc(Cl)c(C#N)c(Cl)c2Cl)c1. The number of halogens is 3. The number of hydrazone groups is 1. The lowest BCUT2D eigenvalue weighted by Crippen LogP contribution is -1.98. The van der Waals surface area contributed by atoms with Crippen molar-refractivity contribution in [2.75, 3.05) is 12.5 Å². The Balaban J connectivity index is 2.27. The number of hydrogen-bond donors (Lipinski definition) is 2. The van der Waals surface area contributed by atoms with Crippen molar-refractivity contribution in [3.63, 3.8) is 0 Å². The zero-order chi connectivity index (χ0) is 17.0. The second-order valence-electron chi connectivity index (χ2n) is 4.16. The predicted molar refractivity (Wildman–Crippen MR) is 89.9 cm³/mol. The first-order chi connectivity index (χ1) is 11.0. The van der Waals surface area contributed by atoms with Crippen LogP contribution in [-0.4, -0.2) is 23.4 Å². The largest absolute Gasteiger partial charge is 0.507 e. The lowest BCUT2D eigenvalue weighted by Gasteiger charge is -2.07. The number of pyridine rings is 1. The molecule has 1 aromatic carbocycles. The van der Waals surface area contributed by atoms with Gasteiger partial charge >= 0.3 is 0 Å². The molecule has 118 valence electrons. The minimum absolute atomic E-state index is 0.0135. The van der Waals surface area contributed by atoms with Crippen LogP contribution in [0.5, 0.6) is 11.5 Å². The Morgan fingerprint density at radius 3 is 2.74 bits per heavy atom. The molecule has 0 amide bonds. The van der Waals surface area contributed by atoms with Crippen molar-refractivity contribution in [1.82, 2.24) is 4.98 Å². The molecule has 1 aromatic heterocycles. The van der Waals surface area contributed by atoms with Crippen molar-refractivity contribution >= 4 is 46.8 Å². The maximum absolute atomic E-state index is 9.74. The van der Waals surface area contributed by atoms with Crippen LogP contribution in [0.4, 0.5) is 5.82 Å². The van der Waals surface area contributed by atoms with Gasteiger partial charge in [0, 0.05) is 5.56 Å². The number of ether oxygens (including phenoxy) is 1. The molecule has 2 rings (SSSR count). The van der Waals surface area contributed by atoms with Gasteiger partial charge in [0.1, 0.15) is 28.2 Å². The summed E-state index contributed by atoms with van der Waals surface area (Å²) in [6.07, 6.45) is 1.34. The molecule has 6 nitrogen and oxygen atoms in total. The van der Waals surface area contributed by atoms with Gasteiger partial charge in [0.2, 0.25) is 0 Å². The van der Waals surface area contributed by atoms with E-state index in [1.165, 1.54) is 19.4 Å². The van der Waals surface area contributed by atoms with Gasteiger partial charge in [-0.1, -0.05) is 34.8 Å². The monoisotopic (exact) mass is 370 g/mol. The Hall–Kier alpha value is -2.20. The van der Waals surface area contributed by atoms with Crippen LogP contribution in [0.1, 0.15) is 11.1 Å². The van der Waals surface area contributed by atoms with Crippen molar-refractivity contribution in [3.05, 3.63) is 44.5 Å². The van der Waals surface area contributed by atoms with Crippen LogP contribution in [0, 0.1) is 11.3 Å². The average molecular weight is 372 g/mol. The highest BCUT2D eigenvalue weighted by molar-refractivity contribution is 6.45. The Morgan fingerprint density at radius 1 is 1.35 bits per heavy atom. The molecule has 0 saturated carbocycles. The van der Waals surface area contributed by atoms with E-state index in [4.69, 9.17) is 44.8 Å². The van der Waals surface area contributed by atoms with Crippen LogP contribution in [0.15, 0.2) is 23.3 Å². The van der Waals surface area contributed by atoms with Gasteiger partial charge in [-0.05, 0) is 18.2 Å². The summed E-state index contributed by atoms with van der Waals surface area (Å²) in [6, 6.07) is 6.48. The molecule has 23 heavy (non-hydrogen) atoms. The standard InChI is InChI=1S/C14H9Cl3N4O2/c1-23-8-2-3-10(22)7(4-8)6-19-21-14-12(16)11(15)9(5-18)13(17)20-14/h2-4,6,22H,1H3,(H,20,21)/b19-6-. The van der Waals surface area contributed by atoms with E-state index in [0.29, 0.717) is 11.3 Å². The highest BCUT2D eigenvalue weighted by atomic mass is 35.5. The zero-order valence-electron chi connectivity index (χ0n) is 11.6. The second kappa shape index (κ2) is 7.38. The number of hydrogen-bond acceptors (Lipinski definition) is 6. The van der Waals surface area contributed by atoms with E-state index in [2.05, 4.69) is 15.5 Å². The molecule has 9 heteroatoms. The number of benzene rings is 1. The third kappa shape index (κ3) is 3.77. The molecule has 0 fully saturated rings. The molecule has 0 radical (unpaired) electrons. The molecular weight excluding hydrogens is 363 g/mol. The molecule has 0 bridgehead atoms. The highest BCUT2D eigenvalue weighted by Gasteiger charge is 2.15. The van der Waals surface area contributed by atoms with E-state index in [-0.39, 0.29) is 32.3 Å². The lowest BCUT2D eigenvalue weighted by molar-refractivity contribution is 0.412. The second-order valence-corrected chi connectivity index (χ2v) is 5.27. The first-order valence-electron chi connectivity index (χ1n) is 6.08. The number of nitrogens with one attached hydrogen (secondary N) is 1. The van der Waals surface area contributed by atoms with E-state index in [9.17, 15) is 5.11 Å². The van der Waals surface area contributed by atoms with Gasteiger partial charge in [0.05, 0.1) is 18.3 Å². The Bertz CT molecular complexity index is 819. The number of anilines is 1. The smallest absolute Gasteiger partial charge is 0.168 e. The number of aromatic nitrogens is 1. The van der Waals surface area contributed by atoms with Gasteiger partial charge in [-0.15, -0.1) is 0 Å². The molecule has 0 spiro atoms. The van der Waals surface area contributed by atoms with Crippen molar-refractivity contribution in [1.29, 1.82) is 5.26 Å². The summed E-state index contributed by atoms with van der Waals surface area (Å²) in [5.41, 5.74) is 2.96. The van der Waals surface area contributed by atoms with E-state index >= 15 is 0 Å². The van der Waals surface area contributed by atoms with E-state index in [1.54, 1.807) is 12.1 Å². The fourth-order valence-corrected chi connectivity index (χ4v) is 2.27. The minimum Gasteiger partial charge on any atom is -0.507 e. The number of nitriles is 1. The van der Waals surface area contributed by atoms with Crippen LogP contribution < -0.4 is 10.2 Å². The van der Waals surface area contributed by atoms with E-state index in [0.717, 1.165) is 0 Å². The summed E-state index contributed by atoms with van der Waals surface area (Å²) in [7, 11) is 1.51. The van der Waals surface area contributed by atoms with Gasteiger partial charge in [-0.2, -0.15) is 10.4 Å². The molecule has 0 aliphatic rings. The van der Waals surface area contributed by atoms with Crippen molar-refractivity contribution in [2.24, 2.45) is 5.10 Å². The van der Waals surface area contributed by atoms with Gasteiger partial charge in [-0.3, -0.25) is 5.43 Å². The number of methoxy groups -OCH3 is 1. The van der Waals surface area contributed by atoms with E-state index in [1.807, 2.05) is 6.07 Å². The van der Waals surface area contributed by atoms with Crippen LogP contribution in [0.2, 0.25) is 15.2 Å². The quantitative estimate of drug-likeness (QED) is 0.480. The molecule has 2 aromatic rings. The Labute approximate surface area is 146 Å². The molecule has 0 aliphatic carbocycles. The molecule has 0 atom stereocenters. The van der Waals surface area contributed by atoms with Gasteiger partial charge < -0.3 is 9.84 Å². The van der Waals surface area contributed by atoms with Crippen molar-refractivity contribution in [3.8, 4) is 17.6 Å². The number of phenols is 1. The maximum Gasteiger partial charge on any atom is 0.168 e. The van der Waals surface area contributed by atoms with Crippen LogP contribution in [0.25, 0.3) is 0 Å². The summed E-state index contributed by atoms with van der Waals surface area (Å²) < 4.78 is 5.06. The highest BCUT2D eigenvalue weighted by Crippen LogP contribution is 2.34. The van der Waals surface area contributed by atoms with Crippen LogP contribution in [-0.2, 0) is 0 Å². The third-order valence-electron chi connectivity index (χ3n) is 2.76. The van der Waals surface area contributed by atoms with Crippen LogP contribution >= 0.6 is 34.8 Å². The number of phenolic OH excluding ortho intramolecular Hbond substituents is 1. The summed E-state index contributed by atoms with van der Waals surface area (Å²) in [4.78, 5) is 3.91. The zero-order valence-corrected chi connectivity index (χ0v) is 13.9. The lowest BCUT2D eigenvalue weighted by atomic mass is 10.2.